The van der Waals surface area contributed by atoms with Gasteiger partial charge in [-0.05, 0) is 12.1 Å². The van der Waals surface area contributed by atoms with Gasteiger partial charge in [-0.3, -0.25) is 4.79 Å². The highest BCUT2D eigenvalue weighted by molar-refractivity contribution is 5.84. The fraction of sp³-hybridized carbons (Fsp3) is 0.300. The molecular formula is C10H12N2O4. The van der Waals surface area contributed by atoms with E-state index in [9.17, 15) is 9.59 Å². The minimum absolute atomic E-state index is 0.246. The fourth-order valence-electron chi connectivity index (χ4n) is 1.05. The Kier molecular flexibility index (Phi) is 4.41. The zero-order valence-electron chi connectivity index (χ0n) is 8.79. The van der Waals surface area contributed by atoms with E-state index in [0.29, 0.717) is 18.8 Å². The van der Waals surface area contributed by atoms with Crippen LogP contribution in [0.5, 0.6) is 0 Å². The number of hydrogen-bond donors (Lipinski definition) is 1. The van der Waals surface area contributed by atoms with E-state index in [1.165, 1.54) is 30.0 Å². The summed E-state index contributed by atoms with van der Waals surface area (Å²) in [5.41, 5.74) is 0.169. The lowest BCUT2D eigenvalue weighted by Gasteiger charge is -2.03. The third kappa shape index (κ3) is 3.66. The first-order chi connectivity index (χ1) is 7.63. The summed E-state index contributed by atoms with van der Waals surface area (Å²) < 4.78 is 6.05. The molecule has 0 aliphatic heterocycles. The molecule has 0 amide bonds. The predicted octanol–water partition coefficient (Wildman–Crippen LogP) is -0.0125. The quantitative estimate of drug-likeness (QED) is 0.711. The summed E-state index contributed by atoms with van der Waals surface area (Å²) in [6, 6.07) is 2.80. The lowest BCUT2D eigenvalue weighted by Crippen LogP contribution is -2.24. The van der Waals surface area contributed by atoms with Crippen molar-refractivity contribution in [3.8, 4) is 0 Å². The van der Waals surface area contributed by atoms with Crippen molar-refractivity contribution in [3.63, 3.8) is 0 Å². The van der Waals surface area contributed by atoms with Gasteiger partial charge in [-0.1, -0.05) is 0 Å². The maximum absolute atomic E-state index is 11.3. The number of aromatic nitrogens is 2. The van der Waals surface area contributed by atoms with Crippen molar-refractivity contribution in [3.05, 3.63) is 34.3 Å². The number of hydrogen-bond acceptors (Lipinski definition) is 4. The van der Waals surface area contributed by atoms with Crippen molar-refractivity contribution in [2.45, 2.75) is 6.54 Å². The summed E-state index contributed by atoms with van der Waals surface area (Å²) in [5.74, 6) is -1.06. The summed E-state index contributed by atoms with van der Waals surface area (Å²) in [4.78, 5) is 21.6. The lowest BCUT2D eigenvalue weighted by molar-refractivity contribution is -0.131. The summed E-state index contributed by atoms with van der Waals surface area (Å²) in [7, 11) is 1.53. The molecule has 6 nitrogen and oxygen atoms in total. The largest absolute Gasteiger partial charge is 0.478 e. The summed E-state index contributed by atoms with van der Waals surface area (Å²) in [6.45, 7) is 0.711. The Balaban J connectivity index is 2.89. The SMILES string of the molecule is COCCn1nc(/C=C/C(=O)O)ccc1=O. The van der Waals surface area contributed by atoms with Gasteiger partial charge >= 0.3 is 5.97 Å². The third-order valence-electron chi connectivity index (χ3n) is 1.79. The number of aliphatic carboxylic acids is 1. The first kappa shape index (κ1) is 12.1. The average Bonchev–Trinajstić information content (AvgIpc) is 2.26. The molecule has 0 fully saturated rings. The summed E-state index contributed by atoms with van der Waals surface area (Å²) in [6.07, 6.45) is 2.29. The fourth-order valence-corrected chi connectivity index (χ4v) is 1.05. The van der Waals surface area contributed by atoms with Crippen LogP contribution < -0.4 is 5.56 Å². The van der Waals surface area contributed by atoms with Crippen LogP contribution in [-0.4, -0.2) is 34.6 Å². The van der Waals surface area contributed by atoms with Crippen molar-refractivity contribution in [2.75, 3.05) is 13.7 Å². The molecule has 0 saturated carbocycles. The van der Waals surface area contributed by atoms with Gasteiger partial charge in [0.15, 0.2) is 0 Å². The molecule has 1 aromatic heterocycles. The molecule has 0 saturated heterocycles. The van der Waals surface area contributed by atoms with Gasteiger partial charge < -0.3 is 9.84 Å². The van der Waals surface area contributed by atoms with Crippen LogP contribution in [0.4, 0.5) is 0 Å². The van der Waals surface area contributed by atoms with Gasteiger partial charge in [0.25, 0.3) is 5.56 Å². The van der Waals surface area contributed by atoms with E-state index in [1.807, 2.05) is 0 Å². The standard InChI is InChI=1S/C10H12N2O4/c1-16-7-6-12-9(13)4-2-8(11-12)3-5-10(14)15/h2-5H,6-7H2,1H3,(H,14,15)/b5-3+. The monoisotopic (exact) mass is 224 g/mol. The van der Waals surface area contributed by atoms with Crippen LogP contribution in [0.1, 0.15) is 5.69 Å². The topological polar surface area (TPSA) is 81.4 Å². The summed E-state index contributed by atoms with van der Waals surface area (Å²) in [5, 5.41) is 12.4. The van der Waals surface area contributed by atoms with Gasteiger partial charge in [0, 0.05) is 19.3 Å². The predicted molar refractivity (Wildman–Crippen MR) is 57.0 cm³/mol. The normalized spacial score (nSPS) is 10.8. The second-order valence-corrected chi connectivity index (χ2v) is 2.98. The molecule has 0 unspecified atom stereocenters. The Morgan fingerprint density at radius 2 is 2.38 bits per heavy atom. The van der Waals surface area contributed by atoms with E-state index >= 15 is 0 Å². The lowest BCUT2D eigenvalue weighted by atomic mass is 10.3. The Morgan fingerprint density at radius 3 is 3.00 bits per heavy atom. The molecule has 0 spiro atoms. The minimum Gasteiger partial charge on any atom is -0.478 e. The number of carbonyl (C=O) groups is 1. The van der Waals surface area contributed by atoms with Crippen LogP contribution in [0.3, 0.4) is 0 Å². The Morgan fingerprint density at radius 1 is 1.62 bits per heavy atom. The number of nitrogens with zero attached hydrogens (tertiary/aromatic N) is 2. The zero-order valence-corrected chi connectivity index (χ0v) is 8.79. The number of carboxylic acid groups (broad SMARTS) is 1. The van der Waals surface area contributed by atoms with Crippen LogP contribution in [-0.2, 0) is 16.1 Å². The van der Waals surface area contributed by atoms with Gasteiger partial charge in [0.1, 0.15) is 0 Å². The molecule has 1 heterocycles. The maximum Gasteiger partial charge on any atom is 0.328 e. The number of methoxy groups -OCH3 is 1. The van der Waals surface area contributed by atoms with Gasteiger partial charge in [-0.2, -0.15) is 5.10 Å². The van der Waals surface area contributed by atoms with Crippen molar-refractivity contribution < 1.29 is 14.6 Å². The number of carboxylic acids is 1. The highest BCUT2D eigenvalue weighted by atomic mass is 16.5. The average molecular weight is 224 g/mol. The molecule has 0 bridgehead atoms. The molecule has 16 heavy (non-hydrogen) atoms. The Labute approximate surface area is 91.8 Å². The van der Waals surface area contributed by atoms with Crippen LogP contribution >= 0.6 is 0 Å². The van der Waals surface area contributed by atoms with Crippen molar-refractivity contribution in [2.24, 2.45) is 0 Å². The first-order valence-corrected chi connectivity index (χ1v) is 4.61. The van der Waals surface area contributed by atoms with E-state index in [4.69, 9.17) is 9.84 Å². The summed E-state index contributed by atoms with van der Waals surface area (Å²) >= 11 is 0. The molecule has 0 atom stereocenters. The molecule has 0 radical (unpaired) electrons. The van der Waals surface area contributed by atoms with E-state index < -0.39 is 5.97 Å². The number of rotatable bonds is 5. The third-order valence-corrected chi connectivity index (χ3v) is 1.79. The van der Waals surface area contributed by atoms with E-state index in [2.05, 4.69) is 5.10 Å². The maximum atomic E-state index is 11.3. The van der Waals surface area contributed by atoms with E-state index in [-0.39, 0.29) is 5.56 Å². The van der Waals surface area contributed by atoms with Crippen LogP contribution in [0.15, 0.2) is 23.0 Å². The molecule has 0 aliphatic carbocycles. The van der Waals surface area contributed by atoms with Crippen LogP contribution in [0.2, 0.25) is 0 Å². The van der Waals surface area contributed by atoms with Crippen molar-refractivity contribution >= 4 is 12.0 Å². The van der Waals surface area contributed by atoms with Gasteiger partial charge in [0.05, 0.1) is 18.8 Å². The van der Waals surface area contributed by atoms with E-state index in [0.717, 1.165) is 6.08 Å². The minimum atomic E-state index is -1.06. The smallest absolute Gasteiger partial charge is 0.328 e. The highest BCUT2D eigenvalue weighted by Gasteiger charge is 1.98. The second-order valence-electron chi connectivity index (χ2n) is 2.98. The first-order valence-electron chi connectivity index (χ1n) is 4.61. The molecule has 0 aromatic carbocycles. The van der Waals surface area contributed by atoms with Gasteiger partial charge in [-0.25, -0.2) is 9.48 Å². The molecular weight excluding hydrogens is 212 g/mol. The molecule has 1 rings (SSSR count). The molecule has 6 heteroatoms. The van der Waals surface area contributed by atoms with Gasteiger partial charge in [-0.15, -0.1) is 0 Å². The van der Waals surface area contributed by atoms with Crippen molar-refractivity contribution in [1.29, 1.82) is 0 Å². The number of ether oxygens (including phenoxy) is 1. The molecule has 1 N–H and O–H groups in total. The van der Waals surface area contributed by atoms with Gasteiger partial charge in [0.2, 0.25) is 0 Å². The Hall–Kier alpha value is -1.95. The highest BCUT2D eigenvalue weighted by Crippen LogP contribution is 1.94. The van der Waals surface area contributed by atoms with Crippen molar-refractivity contribution in [1.82, 2.24) is 9.78 Å². The second kappa shape index (κ2) is 5.82. The molecule has 86 valence electrons. The zero-order chi connectivity index (χ0) is 12.0. The van der Waals surface area contributed by atoms with Crippen LogP contribution in [0, 0.1) is 0 Å². The van der Waals surface area contributed by atoms with E-state index in [1.54, 1.807) is 0 Å². The molecule has 1 aromatic rings. The molecule has 0 aliphatic rings. The Bertz CT molecular complexity index is 450. The van der Waals surface area contributed by atoms with Crippen LogP contribution in [0.25, 0.3) is 6.08 Å².